The largest absolute Gasteiger partial charge is 0.477 e. The van der Waals surface area contributed by atoms with Crippen molar-refractivity contribution in [1.29, 1.82) is 0 Å². The fourth-order valence-electron chi connectivity index (χ4n) is 2.06. The maximum atomic E-state index is 12.4. The fraction of sp³-hybridized carbons (Fsp3) is 0.615. The van der Waals surface area contributed by atoms with E-state index >= 15 is 0 Å². The van der Waals surface area contributed by atoms with Gasteiger partial charge in [-0.1, -0.05) is 0 Å². The highest BCUT2D eigenvalue weighted by atomic mass is 32.2. The number of ether oxygens (including phenoxy) is 1. The Morgan fingerprint density at radius 2 is 2.19 bits per heavy atom. The Balaban J connectivity index is 2.23. The number of carbonyl (C=O) groups is 1. The van der Waals surface area contributed by atoms with Crippen LogP contribution in [0, 0.1) is 0 Å². The van der Waals surface area contributed by atoms with Crippen molar-refractivity contribution in [3.63, 3.8) is 0 Å². The third-order valence-electron chi connectivity index (χ3n) is 3.45. The number of hydrogen-bond acceptors (Lipinski definition) is 4. The average Bonchev–Trinajstić information content (AvgIpc) is 3.16. The molecular weight excluding hydrogens is 296 g/mol. The third kappa shape index (κ3) is 3.45. The number of aromatic nitrogens is 1. The molecule has 0 unspecified atom stereocenters. The minimum absolute atomic E-state index is 0.0193. The van der Waals surface area contributed by atoms with Crippen LogP contribution in [0.3, 0.4) is 0 Å². The number of aromatic carboxylic acids is 1. The van der Waals surface area contributed by atoms with Gasteiger partial charge < -0.3 is 14.4 Å². The molecule has 1 saturated carbocycles. The van der Waals surface area contributed by atoms with Crippen LogP contribution in [0.15, 0.2) is 17.2 Å². The van der Waals surface area contributed by atoms with Crippen molar-refractivity contribution in [2.45, 2.75) is 30.7 Å². The predicted molar refractivity (Wildman–Crippen MR) is 76.0 cm³/mol. The third-order valence-corrected chi connectivity index (χ3v) is 5.27. The van der Waals surface area contributed by atoms with Crippen LogP contribution in [0.4, 0.5) is 0 Å². The molecule has 118 valence electrons. The first kappa shape index (κ1) is 16.0. The first-order chi connectivity index (χ1) is 9.87. The molecule has 1 heterocycles. The molecule has 1 aliphatic rings. The molecule has 0 amide bonds. The molecule has 0 aromatic carbocycles. The monoisotopic (exact) mass is 316 g/mol. The topological polar surface area (TPSA) is 88.8 Å². The lowest BCUT2D eigenvalue weighted by Crippen LogP contribution is -2.30. The Kier molecular flexibility index (Phi) is 4.70. The van der Waals surface area contributed by atoms with Crippen LogP contribution >= 0.6 is 0 Å². The van der Waals surface area contributed by atoms with Crippen molar-refractivity contribution in [1.82, 2.24) is 8.87 Å². The summed E-state index contributed by atoms with van der Waals surface area (Å²) in [5.41, 5.74) is 0.0225. The van der Waals surface area contributed by atoms with Crippen molar-refractivity contribution in [2.24, 2.45) is 0 Å². The van der Waals surface area contributed by atoms with Gasteiger partial charge in [-0.2, -0.15) is 4.31 Å². The summed E-state index contributed by atoms with van der Waals surface area (Å²) in [5, 5.41) is 9.18. The van der Waals surface area contributed by atoms with Gasteiger partial charge in [0, 0.05) is 32.4 Å². The normalized spacial score (nSPS) is 15.6. The summed E-state index contributed by atoms with van der Waals surface area (Å²) in [4.78, 5) is 11.2. The molecule has 2 rings (SSSR count). The Morgan fingerprint density at radius 1 is 1.52 bits per heavy atom. The van der Waals surface area contributed by atoms with Gasteiger partial charge in [0.2, 0.25) is 10.0 Å². The van der Waals surface area contributed by atoms with Gasteiger partial charge in [-0.25, -0.2) is 13.2 Å². The van der Waals surface area contributed by atoms with Gasteiger partial charge in [0.25, 0.3) is 0 Å². The van der Waals surface area contributed by atoms with Crippen molar-refractivity contribution >= 4 is 16.0 Å². The van der Waals surface area contributed by atoms with Crippen molar-refractivity contribution in [3.8, 4) is 0 Å². The molecular formula is C13H20N2O5S. The lowest BCUT2D eigenvalue weighted by molar-refractivity contribution is 0.0685. The second kappa shape index (κ2) is 6.17. The van der Waals surface area contributed by atoms with Crippen LogP contribution in [-0.4, -0.2) is 55.2 Å². The van der Waals surface area contributed by atoms with Gasteiger partial charge in [-0.05, 0) is 25.8 Å². The summed E-state index contributed by atoms with van der Waals surface area (Å²) in [7, 11) is -2.23. The van der Waals surface area contributed by atoms with Crippen LogP contribution in [-0.2, 0) is 14.8 Å². The number of rotatable bonds is 8. The van der Waals surface area contributed by atoms with Crippen LogP contribution in [0.2, 0.25) is 0 Å². The highest BCUT2D eigenvalue weighted by Crippen LogP contribution is 2.37. The number of likely N-dealkylation sites (N-methyl/N-ethyl adjacent to an activating group) is 1. The number of hydrogen-bond donors (Lipinski definition) is 1. The van der Waals surface area contributed by atoms with Gasteiger partial charge in [-0.3, -0.25) is 0 Å². The van der Waals surface area contributed by atoms with Crippen molar-refractivity contribution in [3.05, 3.63) is 18.0 Å². The molecule has 0 bridgehead atoms. The Bertz CT molecular complexity index is 619. The number of sulfonamides is 1. The molecule has 0 spiro atoms. The smallest absolute Gasteiger partial charge is 0.352 e. The van der Waals surface area contributed by atoms with E-state index in [1.165, 1.54) is 23.6 Å². The van der Waals surface area contributed by atoms with E-state index in [0.29, 0.717) is 13.2 Å². The maximum Gasteiger partial charge on any atom is 0.352 e. The van der Waals surface area contributed by atoms with Crippen LogP contribution < -0.4 is 0 Å². The summed E-state index contributed by atoms with van der Waals surface area (Å²) in [6.45, 7) is 2.90. The first-order valence-corrected chi connectivity index (χ1v) is 8.31. The van der Waals surface area contributed by atoms with Gasteiger partial charge in [0.15, 0.2) is 0 Å². The molecule has 0 aliphatic heterocycles. The second-order valence-corrected chi connectivity index (χ2v) is 7.07. The summed E-state index contributed by atoms with van der Waals surface area (Å²) in [5.74, 6) is -1.11. The number of carboxylic acid groups (broad SMARTS) is 1. The molecule has 1 aromatic rings. The molecule has 1 aliphatic carbocycles. The Morgan fingerprint density at radius 3 is 2.71 bits per heavy atom. The fourth-order valence-corrected chi connectivity index (χ4v) is 3.24. The van der Waals surface area contributed by atoms with Crippen molar-refractivity contribution < 1.29 is 23.1 Å². The standard InChI is InChI=1S/C13H20N2O5S/c1-3-20-7-6-14(2)21(18,19)11-8-12(13(16)17)15(9-11)10-4-5-10/h8-10H,3-7H2,1-2H3,(H,16,17). The highest BCUT2D eigenvalue weighted by Gasteiger charge is 2.31. The quantitative estimate of drug-likeness (QED) is 0.727. The molecule has 1 N–H and O–H groups in total. The molecule has 1 fully saturated rings. The zero-order valence-corrected chi connectivity index (χ0v) is 13.0. The van der Waals surface area contributed by atoms with Gasteiger partial charge in [0.1, 0.15) is 10.6 Å². The average molecular weight is 316 g/mol. The van der Waals surface area contributed by atoms with Crippen LogP contribution in [0.1, 0.15) is 36.3 Å². The van der Waals surface area contributed by atoms with Crippen LogP contribution in [0.5, 0.6) is 0 Å². The zero-order valence-electron chi connectivity index (χ0n) is 12.2. The van der Waals surface area contributed by atoms with E-state index in [1.54, 1.807) is 4.57 Å². The van der Waals surface area contributed by atoms with Crippen molar-refractivity contribution in [2.75, 3.05) is 26.8 Å². The van der Waals surface area contributed by atoms with E-state index in [-0.39, 0.29) is 23.2 Å². The van der Waals surface area contributed by atoms with Crippen LogP contribution in [0.25, 0.3) is 0 Å². The molecule has 1 aromatic heterocycles. The minimum atomic E-state index is -3.69. The summed E-state index contributed by atoms with van der Waals surface area (Å²) in [6, 6.07) is 1.33. The maximum absolute atomic E-state index is 12.4. The molecule has 8 heteroatoms. The summed E-state index contributed by atoms with van der Waals surface area (Å²) < 4.78 is 32.7. The van der Waals surface area contributed by atoms with Gasteiger partial charge in [0.05, 0.1) is 6.61 Å². The first-order valence-electron chi connectivity index (χ1n) is 6.87. The van der Waals surface area contributed by atoms with E-state index in [4.69, 9.17) is 4.74 Å². The van der Waals surface area contributed by atoms with E-state index < -0.39 is 16.0 Å². The lowest BCUT2D eigenvalue weighted by Gasteiger charge is -2.15. The van der Waals surface area contributed by atoms with Gasteiger partial charge in [-0.15, -0.1) is 0 Å². The van der Waals surface area contributed by atoms with E-state index in [2.05, 4.69) is 0 Å². The SMILES string of the molecule is CCOCCN(C)S(=O)(=O)c1cc(C(=O)O)n(C2CC2)c1. The van der Waals surface area contributed by atoms with E-state index in [9.17, 15) is 18.3 Å². The lowest BCUT2D eigenvalue weighted by atomic mass is 10.4. The number of carboxylic acids is 1. The Hall–Kier alpha value is -1.38. The number of nitrogens with zero attached hydrogens (tertiary/aromatic N) is 2. The summed E-state index contributed by atoms with van der Waals surface area (Å²) in [6.07, 6.45) is 3.19. The molecule has 0 saturated heterocycles. The predicted octanol–water partition coefficient (Wildman–Crippen LogP) is 1.18. The Labute approximate surface area is 124 Å². The second-order valence-electron chi connectivity index (χ2n) is 5.03. The van der Waals surface area contributed by atoms with Gasteiger partial charge >= 0.3 is 5.97 Å². The minimum Gasteiger partial charge on any atom is -0.477 e. The van der Waals surface area contributed by atoms with E-state index in [1.807, 2.05) is 6.92 Å². The van der Waals surface area contributed by atoms with E-state index in [0.717, 1.165) is 12.8 Å². The molecule has 21 heavy (non-hydrogen) atoms. The molecule has 0 radical (unpaired) electrons. The molecule has 7 nitrogen and oxygen atoms in total. The molecule has 0 atom stereocenters. The zero-order chi connectivity index (χ0) is 15.6. The highest BCUT2D eigenvalue weighted by molar-refractivity contribution is 7.89. The summed E-state index contributed by atoms with van der Waals surface area (Å²) >= 11 is 0.